The molecule has 0 aliphatic heterocycles. The van der Waals surface area contributed by atoms with Crippen LogP contribution < -0.4 is 5.73 Å². The molecule has 1 unspecified atom stereocenters. The van der Waals surface area contributed by atoms with E-state index in [9.17, 15) is 0 Å². The Balaban J connectivity index is 2.53. The number of nitrogens with two attached hydrogens (primary N) is 1. The van der Waals surface area contributed by atoms with E-state index in [2.05, 4.69) is 21.1 Å². The molecule has 0 spiro atoms. The number of nitrogens with zero attached hydrogens (tertiary/aromatic N) is 1. The molecule has 0 bridgehead atoms. The summed E-state index contributed by atoms with van der Waals surface area (Å²) in [7, 11) is 0. The van der Waals surface area contributed by atoms with Gasteiger partial charge in [0.05, 0.1) is 5.71 Å². The van der Waals surface area contributed by atoms with Crippen LogP contribution in [0.1, 0.15) is 33.1 Å². The van der Waals surface area contributed by atoms with E-state index < -0.39 is 0 Å². The summed E-state index contributed by atoms with van der Waals surface area (Å²) in [6, 6.07) is 0.130. The Morgan fingerprint density at radius 1 is 1.64 bits per heavy atom. The van der Waals surface area contributed by atoms with Crippen LogP contribution in [0.2, 0.25) is 0 Å². The summed E-state index contributed by atoms with van der Waals surface area (Å²) in [6.45, 7) is 4.32. The highest BCUT2D eigenvalue weighted by Gasteiger charge is 2.18. The number of hydrogen-bond donors (Lipinski definition) is 1. The van der Waals surface area contributed by atoms with Gasteiger partial charge in [0.2, 0.25) is 0 Å². The fraction of sp³-hybridized carbons (Fsp3) is 0.700. The van der Waals surface area contributed by atoms with Gasteiger partial charge >= 0.3 is 0 Å². The first-order valence-corrected chi connectivity index (χ1v) is 5.66. The van der Waals surface area contributed by atoms with Gasteiger partial charge in [-0.3, -0.25) is 0 Å². The molecule has 4 heteroatoms. The smallest absolute Gasteiger partial charge is 0.140 e. The quantitative estimate of drug-likeness (QED) is 0.627. The largest absolute Gasteiger partial charge is 0.391 e. The first kappa shape index (κ1) is 11.7. The lowest BCUT2D eigenvalue weighted by atomic mass is 9.95. The summed E-state index contributed by atoms with van der Waals surface area (Å²) < 4.78 is 1.19. The topological polar surface area (TPSA) is 47.6 Å². The van der Waals surface area contributed by atoms with Crippen molar-refractivity contribution in [2.75, 3.05) is 6.61 Å². The molecule has 0 saturated carbocycles. The molecule has 14 heavy (non-hydrogen) atoms. The second-order valence-electron chi connectivity index (χ2n) is 3.74. The van der Waals surface area contributed by atoms with Crippen molar-refractivity contribution in [3.63, 3.8) is 0 Å². The number of oxime groups is 1. The summed E-state index contributed by atoms with van der Waals surface area (Å²) in [5, 5.41) is 3.89. The lowest BCUT2D eigenvalue weighted by Gasteiger charge is -2.22. The predicted octanol–water partition coefficient (Wildman–Crippen LogP) is 2.56. The molecule has 0 heterocycles. The van der Waals surface area contributed by atoms with Crippen LogP contribution in [0.15, 0.2) is 15.2 Å². The summed E-state index contributed by atoms with van der Waals surface area (Å²) in [6.07, 6.45) is 3.27. The van der Waals surface area contributed by atoms with Crippen molar-refractivity contribution in [2.24, 2.45) is 10.9 Å². The molecule has 3 nitrogen and oxygen atoms in total. The van der Waals surface area contributed by atoms with Gasteiger partial charge in [0.1, 0.15) is 6.61 Å². The van der Waals surface area contributed by atoms with Gasteiger partial charge in [0.25, 0.3) is 0 Å². The van der Waals surface area contributed by atoms with Crippen LogP contribution >= 0.6 is 15.9 Å². The molecular weight excluding hydrogens is 244 g/mol. The van der Waals surface area contributed by atoms with Crippen LogP contribution in [-0.4, -0.2) is 18.4 Å². The zero-order chi connectivity index (χ0) is 10.6. The molecule has 0 aromatic heterocycles. The Morgan fingerprint density at radius 2 is 2.36 bits per heavy atom. The van der Waals surface area contributed by atoms with E-state index in [1.807, 2.05) is 13.8 Å². The summed E-state index contributed by atoms with van der Waals surface area (Å²) >= 11 is 3.53. The number of hydrogen-bond acceptors (Lipinski definition) is 3. The van der Waals surface area contributed by atoms with Crippen molar-refractivity contribution in [2.45, 2.75) is 39.2 Å². The second-order valence-corrected chi connectivity index (χ2v) is 4.70. The fourth-order valence-corrected chi connectivity index (χ4v) is 2.12. The minimum Gasteiger partial charge on any atom is -0.391 e. The third-order valence-electron chi connectivity index (χ3n) is 2.17. The average molecular weight is 261 g/mol. The van der Waals surface area contributed by atoms with Gasteiger partial charge in [-0.2, -0.15) is 0 Å². The first-order valence-electron chi connectivity index (χ1n) is 4.87. The van der Waals surface area contributed by atoms with Crippen LogP contribution in [0, 0.1) is 0 Å². The summed E-state index contributed by atoms with van der Waals surface area (Å²) in [5.41, 5.74) is 8.05. The van der Waals surface area contributed by atoms with E-state index in [1.54, 1.807) is 0 Å². The molecule has 80 valence electrons. The van der Waals surface area contributed by atoms with Crippen molar-refractivity contribution in [1.82, 2.24) is 0 Å². The standard InChI is InChI=1S/C10H17BrN2O/c1-7(2)13-14-6-8-9(11)4-3-5-10(8)12/h10H,3-6,12H2,1-2H3. The monoisotopic (exact) mass is 260 g/mol. The van der Waals surface area contributed by atoms with Gasteiger partial charge in [-0.25, -0.2) is 0 Å². The maximum Gasteiger partial charge on any atom is 0.140 e. The molecule has 1 aliphatic carbocycles. The van der Waals surface area contributed by atoms with Crippen LogP contribution in [-0.2, 0) is 4.84 Å². The van der Waals surface area contributed by atoms with E-state index in [0.29, 0.717) is 6.61 Å². The zero-order valence-electron chi connectivity index (χ0n) is 8.72. The van der Waals surface area contributed by atoms with Crippen LogP contribution in [0.25, 0.3) is 0 Å². The second kappa shape index (κ2) is 5.51. The summed E-state index contributed by atoms with van der Waals surface area (Å²) in [5.74, 6) is 0. The Labute approximate surface area is 93.5 Å². The highest BCUT2D eigenvalue weighted by atomic mass is 79.9. The Bertz CT molecular complexity index is 257. The minimum atomic E-state index is 0.130. The molecule has 0 fully saturated rings. The highest BCUT2D eigenvalue weighted by molar-refractivity contribution is 9.11. The lowest BCUT2D eigenvalue weighted by Crippen LogP contribution is -2.28. The predicted molar refractivity (Wildman–Crippen MR) is 62.5 cm³/mol. The SMILES string of the molecule is CC(C)=NOCC1=C(Br)CCCC1N. The molecule has 0 radical (unpaired) electrons. The van der Waals surface area contributed by atoms with Crippen molar-refractivity contribution < 1.29 is 4.84 Å². The van der Waals surface area contributed by atoms with Crippen LogP contribution in [0.5, 0.6) is 0 Å². The Hall–Kier alpha value is -0.350. The number of allylic oxidation sites excluding steroid dienone is 1. The normalized spacial score (nSPS) is 22.1. The first-order chi connectivity index (χ1) is 6.61. The lowest BCUT2D eigenvalue weighted by molar-refractivity contribution is 0.162. The van der Waals surface area contributed by atoms with E-state index in [-0.39, 0.29) is 6.04 Å². The van der Waals surface area contributed by atoms with Gasteiger partial charge in [-0.1, -0.05) is 21.1 Å². The van der Waals surface area contributed by atoms with E-state index in [4.69, 9.17) is 10.6 Å². The van der Waals surface area contributed by atoms with Gasteiger partial charge in [0.15, 0.2) is 0 Å². The minimum absolute atomic E-state index is 0.130. The van der Waals surface area contributed by atoms with Crippen molar-refractivity contribution in [1.29, 1.82) is 0 Å². The highest BCUT2D eigenvalue weighted by Crippen LogP contribution is 2.28. The Kier molecular flexibility index (Phi) is 4.62. The zero-order valence-corrected chi connectivity index (χ0v) is 10.3. The molecule has 0 aromatic rings. The molecule has 1 rings (SSSR count). The Morgan fingerprint density at radius 3 is 2.93 bits per heavy atom. The third kappa shape index (κ3) is 3.42. The average Bonchev–Trinajstić information content (AvgIpc) is 2.09. The van der Waals surface area contributed by atoms with Crippen molar-refractivity contribution in [3.8, 4) is 0 Å². The maximum absolute atomic E-state index is 5.97. The number of rotatable bonds is 3. The molecule has 0 aromatic carbocycles. The fourth-order valence-electron chi connectivity index (χ4n) is 1.43. The van der Waals surface area contributed by atoms with Crippen molar-refractivity contribution in [3.05, 3.63) is 10.1 Å². The molecule has 1 aliphatic rings. The van der Waals surface area contributed by atoms with Gasteiger partial charge < -0.3 is 10.6 Å². The van der Waals surface area contributed by atoms with Crippen LogP contribution in [0.4, 0.5) is 0 Å². The summed E-state index contributed by atoms with van der Waals surface area (Å²) in [4.78, 5) is 5.20. The van der Waals surface area contributed by atoms with E-state index >= 15 is 0 Å². The molecule has 0 saturated heterocycles. The van der Waals surface area contributed by atoms with E-state index in [0.717, 1.165) is 30.5 Å². The van der Waals surface area contributed by atoms with Crippen molar-refractivity contribution >= 4 is 21.6 Å². The van der Waals surface area contributed by atoms with Gasteiger partial charge in [-0.05, 0) is 43.2 Å². The van der Waals surface area contributed by atoms with Gasteiger partial charge in [-0.15, -0.1) is 0 Å². The molecule has 2 N–H and O–H groups in total. The molecule has 1 atom stereocenters. The third-order valence-corrected chi connectivity index (χ3v) is 3.08. The molecular formula is C10H17BrN2O. The van der Waals surface area contributed by atoms with Gasteiger partial charge in [0, 0.05) is 6.04 Å². The number of halogens is 1. The van der Waals surface area contributed by atoms with Crippen LogP contribution in [0.3, 0.4) is 0 Å². The molecule has 0 amide bonds. The van der Waals surface area contributed by atoms with E-state index in [1.165, 1.54) is 4.48 Å². The maximum atomic E-state index is 5.97.